The van der Waals surface area contributed by atoms with Gasteiger partial charge in [-0.1, -0.05) is 0 Å². The number of aryl methyl sites for hydroxylation is 1. The Balaban J connectivity index is 2.13. The van der Waals surface area contributed by atoms with E-state index in [4.69, 9.17) is 5.73 Å². The molecule has 0 radical (unpaired) electrons. The van der Waals surface area contributed by atoms with Gasteiger partial charge in [-0.3, -0.25) is 4.98 Å². The van der Waals surface area contributed by atoms with Crippen molar-refractivity contribution in [3.8, 4) is 16.9 Å². The van der Waals surface area contributed by atoms with Crippen LogP contribution in [0.3, 0.4) is 0 Å². The van der Waals surface area contributed by atoms with Gasteiger partial charge in [0.25, 0.3) is 0 Å². The second kappa shape index (κ2) is 4.97. The molecule has 1 aromatic carbocycles. The number of nitrogens with two attached hydrogens (primary N) is 1. The van der Waals surface area contributed by atoms with Gasteiger partial charge >= 0.3 is 0 Å². The number of anilines is 1. The lowest BCUT2D eigenvalue weighted by Crippen LogP contribution is -1.96. The molecule has 0 saturated heterocycles. The normalized spacial score (nSPS) is 10.8. The van der Waals surface area contributed by atoms with E-state index in [-0.39, 0.29) is 22.5 Å². The highest BCUT2D eigenvalue weighted by atomic mass is 19.1. The van der Waals surface area contributed by atoms with E-state index in [1.54, 1.807) is 30.7 Å². The van der Waals surface area contributed by atoms with Gasteiger partial charge in [0.1, 0.15) is 17.3 Å². The fourth-order valence-electron chi connectivity index (χ4n) is 2.05. The molecule has 2 N–H and O–H groups in total. The van der Waals surface area contributed by atoms with Gasteiger partial charge in [0.15, 0.2) is 0 Å². The molecule has 2 aromatic heterocycles. The maximum atomic E-state index is 14.0. The Morgan fingerprint density at radius 1 is 1.10 bits per heavy atom. The highest BCUT2D eigenvalue weighted by Crippen LogP contribution is 2.29. The number of halogens is 2. The quantitative estimate of drug-likeness (QED) is 0.787. The van der Waals surface area contributed by atoms with Gasteiger partial charge in [-0.15, -0.1) is 0 Å². The SMILES string of the molecule is Cc1cc(F)c(-c2nn(-c3ccncc3)cc2N)cc1F. The predicted octanol–water partition coefficient (Wildman–Crippen LogP) is 3.10. The van der Waals surface area contributed by atoms with Crippen molar-refractivity contribution in [2.45, 2.75) is 6.92 Å². The monoisotopic (exact) mass is 286 g/mol. The second-order valence-electron chi connectivity index (χ2n) is 4.66. The Morgan fingerprint density at radius 2 is 1.81 bits per heavy atom. The zero-order valence-electron chi connectivity index (χ0n) is 11.2. The number of hydrogen-bond acceptors (Lipinski definition) is 3. The van der Waals surface area contributed by atoms with Crippen LogP contribution >= 0.6 is 0 Å². The summed E-state index contributed by atoms with van der Waals surface area (Å²) >= 11 is 0. The highest BCUT2D eigenvalue weighted by molar-refractivity contribution is 5.73. The van der Waals surface area contributed by atoms with E-state index < -0.39 is 11.6 Å². The van der Waals surface area contributed by atoms with E-state index in [1.165, 1.54) is 11.6 Å². The van der Waals surface area contributed by atoms with Crippen LogP contribution in [0.5, 0.6) is 0 Å². The van der Waals surface area contributed by atoms with Crippen molar-refractivity contribution in [2.24, 2.45) is 0 Å². The first-order valence-corrected chi connectivity index (χ1v) is 6.28. The molecule has 0 atom stereocenters. The third-order valence-corrected chi connectivity index (χ3v) is 3.17. The summed E-state index contributed by atoms with van der Waals surface area (Å²) in [6.45, 7) is 1.50. The van der Waals surface area contributed by atoms with Crippen molar-refractivity contribution >= 4 is 5.69 Å². The topological polar surface area (TPSA) is 56.7 Å². The number of benzene rings is 1. The first-order valence-electron chi connectivity index (χ1n) is 6.28. The van der Waals surface area contributed by atoms with Crippen molar-refractivity contribution in [1.82, 2.24) is 14.8 Å². The fourth-order valence-corrected chi connectivity index (χ4v) is 2.05. The molecule has 0 aliphatic heterocycles. The van der Waals surface area contributed by atoms with Crippen LogP contribution in [0.25, 0.3) is 16.9 Å². The molecule has 0 fully saturated rings. The smallest absolute Gasteiger partial charge is 0.133 e. The number of rotatable bonds is 2. The molecule has 4 nitrogen and oxygen atoms in total. The third-order valence-electron chi connectivity index (χ3n) is 3.17. The van der Waals surface area contributed by atoms with Gasteiger partial charge in [-0.05, 0) is 36.8 Å². The van der Waals surface area contributed by atoms with Crippen molar-refractivity contribution < 1.29 is 8.78 Å². The fraction of sp³-hybridized carbons (Fsp3) is 0.0667. The zero-order valence-corrected chi connectivity index (χ0v) is 11.2. The molecule has 0 spiro atoms. The molecule has 3 aromatic rings. The molecule has 0 saturated carbocycles. The van der Waals surface area contributed by atoms with Crippen LogP contribution in [0.15, 0.2) is 42.9 Å². The number of nitrogen functional groups attached to an aromatic ring is 1. The van der Waals surface area contributed by atoms with Gasteiger partial charge in [0, 0.05) is 18.0 Å². The minimum atomic E-state index is -0.555. The van der Waals surface area contributed by atoms with E-state index in [0.29, 0.717) is 0 Å². The molecule has 106 valence electrons. The third kappa shape index (κ3) is 2.35. The van der Waals surface area contributed by atoms with Gasteiger partial charge in [0.05, 0.1) is 17.6 Å². The van der Waals surface area contributed by atoms with Crippen LogP contribution in [0.4, 0.5) is 14.5 Å². The lowest BCUT2D eigenvalue weighted by atomic mass is 10.1. The average Bonchev–Trinajstić information content (AvgIpc) is 2.86. The molecule has 21 heavy (non-hydrogen) atoms. The summed E-state index contributed by atoms with van der Waals surface area (Å²) in [5, 5.41) is 4.24. The summed E-state index contributed by atoms with van der Waals surface area (Å²) in [6.07, 6.45) is 4.78. The molecule has 0 unspecified atom stereocenters. The summed E-state index contributed by atoms with van der Waals surface area (Å²) in [6, 6.07) is 5.72. The zero-order chi connectivity index (χ0) is 15.0. The lowest BCUT2D eigenvalue weighted by Gasteiger charge is -2.04. The van der Waals surface area contributed by atoms with Gasteiger partial charge in [0.2, 0.25) is 0 Å². The van der Waals surface area contributed by atoms with Crippen LogP contribution in [-0.4, -0.2) is 14.8 Å². The largest absolute Gasteiger partial charge is 0.396 e. The molecule has 0 aliphatic rings. The van der Waals surface area contributed by atoms with E-state index >= 15 is 0 Å². The molecule has 0 bridgehead atoms. The number of hydrogen-bond donors (Lipinski definition) is 1. The minimum absolute atomic E-state index is 0.0448. The van der Waals surface area contributed by atoms with Crippen LogP contribution < -0.4 is 5.73 Å². The van der Waals surface area contributed by atoms with Crippen LogP contribution in [0.1, 0.15) is 5.56 Å². The minimum Gasteiger partial charge on any atom is -0.396 e. The van der Waals surface area contributed by atoms with Gasteiger partial charge in [-0.2, -0.15) is 5.10 Å². The van der Waals surface area contributed by atoms with Crippen LogP contribution in [0.2, 0.25) is 0 Å². The maximum Gasteiger partial charge on any atom is 0.133 e. The standard InChI is InChI=1S/C15H12F2N4/c1-9-6-13(17)11(7-12(9)16)15-14(18)8-21(20-15)10-2-4-19-5-3-10/h2-8H,18H2,1H3. The second-order valence-corrected chi connectivity index (χ2v) is 4.66. The summed E-state index contributed by atoms with van der Waals surface area (Å²) in [4.78, 5) is 3.91. The predicted molar refractivity (Wildman–Crippen MR) is 75.9 cm³/mol. The van der Waals surface area contributed by atoms with E-state index in [0.717, 1.165) is 17.8 Å². The molecule has 0 amide bonds. The van der Waals surface area contributed by atoms with Crippen LogP contribution in [-0.2, 0) is 0 Å². The highest BCUT2D eigenvalue weighted by Gasteiger charge is 2.16. The van der Waals surface area contributed by atoms with Crippen molar-refractivity contribution in [1.29, 1.82) is 0 Å². The van der Waals surface area contributed by atoms with Gasteiger partial charge < -0.3 is 5.73 Å². The van der Waals surface area contributed by atoms with E-state index in [9.17, 15) is 8.78 Å². The Hall–Kier alpha value is -2.76. The van der Waals surface area contributed by atoms with Crippen molar-refractivity contribution in [3.05, 3.63) is 60.1 Å². The number of aromatic nitrogens is 3. The lowest BCUT2D eigenvalue weighted by molar-refractivity contribution is 0.594. The molecule has 2 heterocycles. The Morgan fingerprint density at radius 3 is 2.52 bits per heavy atom. The van der Waals surface area contributed by atoms with E-state index in [2.05, 4.69) is 10.1 Å². The maximum absolute atomic E-state index is 14.0. The van der Waals surface area contributed by atoms with Crippen molar-refractivity contribution in [3.63, 3.8) is 0 Å². The first kappa shape index (κ1) is 13.2. The van der Waals surface area contributed by atoms with E-state index in [1.807, 2.05) is 0 Å². The molecular formula is C15H12F2N4. The average molecular weight is 286 g/mol. The molecule has 0 aliphatic carbocycles. The first-order chi connectivity index (χ1) is 10.1. The Labute approximate surface area is 119 Å². The van der Waals surface area contributed by atoms with Crippen LogP contribution in [0, 0.1) is 18.6 Å². The number of pyridine rings is 1. The molecule has 6 heteroatoms. The molecule has 3 rings (SSSR count). The summed E-state index contributed by atoms with van der Waals surface area (Å²) < 4.78 is 29.2. The van der Waals surface area contributed by atoms with Crippen molar-refractivity contribution in [2.75, 3.05) is 5.73 Å². The Bertz CT molecular complexity index is 797. The summed E-state index contributed by atoms with van der Waals surface area (Å²) in [5.41, 5.74) is 7.38. The number of nitrogens with zero attached hydrogens (tertiary/aromatic N) is 3. The summed E-state index contributed by atoms with van der Waals surface area (Å²) in [5.74, 6) is -1.05. The molecular weight excluding hydrogens is 274 g/mol. The van der Waals surface area contributed by atoms with Gasteiger partial charge in [-0.25, -0.2) is 13.5 Å². The summed E-state index contributed by atoms with van der Waals surface area (Å²) in [7, 11) is 0. The Kier molecular flexibility index (Phi) is 3.13.